The zero-order valence-electron chi connectivity index (χ0n) is 21.4. The highest BCUT2D eigenvalue weighted by Gasteiger charge is 2.56. The number of carbonyl (C=O) groups is 1. The fourth-order valence-electron chi connectivity index (χ4n) is 7.56. The molecule has 0 aliphatic heterocycles. The van der Waals surface area contributed by atoms with E-state index in [0.29, 0.717) is 23.7 Å². The second-order valence-electron chi connectivity index (χ2n) is 11.3. The molecule has 190 valence electrons. The Morgan fingerprint density at radius 3 is 2.56 bits per heavy atom. The summed E-state index contributed by atoms with van der Waals surface area (Å²) in [6.07, 6.45) is 14.7. The highest BCUT2D eigenvalue weighted by Crippen LogP contribution is 2.62. The number of carboxylic acid groups (broad SMARTS) is 1. The first-order valence-electron chi connectivity index (χ1n) is 13.4. The van der Waals surface area contributed by atoms with Crippen LogP contribution in [0.4, 0.5) is 0 Å². The van der Waals surface area contributed by atoms with Gasteiger partial charge >= 0.3 is 5.97 Å². The molecule has 2 fully saturated rings. The van der Waals surface area contributed by atoms with Gasteiger partial charge in [0, 0.05) is 6.08 Å². The third-order valence-corrected chi connectivity index (χ3v) is 9.43. The van der Waals surface area contributed by atoms with Crippen LogP contribution in [0, 0.1) is 23.2 Å². The number of hydrogen-bond donors (Lipinski definition) is 2. The van der Waals surface area contributed by atoms with Crippen LogP contribution in [-0.2, 0) is 11.2 Å². The summed E-state index contributed by atoms with van der Waals surface area (Å²) in [4.78, 5) is 10.7. The van der Waals surface area contributed by atoms with Crippen LogP contribution >= 0.6 is 0 Å². The van der Waals surface area contributed by atoms with Crippen molar-refractivity contribution in [3.8, 4) is 5.75 Å². The highest BCUT2D eigenvalue weighted by molar-refractivity contribution is 5.85. The van der Waals surface area contributed by atoms with Gasteiger partial charge in [-0.15, -0.1) is 0 Å². The lowest BCUT2D eigenvalue weighted by molar-refractivity contribution is -0.131. The number of fused-ring (bicyclic) bond motifs is 5. The predicted octanol–water partition coefficient (Wildman–Crippen LogP) is 6.73. The molecule has 3 unspecified atom stereocenters. The summed E-state index contributed by atoms with van der Waals surface area (Å²) in [7, 11) is 1.75. The molecule has 0 saturated heterocycles. The van der Waals surface area contributed by atoms with Crippen molar-refractivity contribution in [1.82, 2.24) is 0 Å². The molecule has 4 nitrogen and oxygen atoms in total. The minimum absolute atomic E-state index is 0.0655. The molecule has 2 aromatic rings. The molecule has 4 heteroatoms. The molecule has 0 spiro atoms. The van der Waals surface area contributed by atoms with Gasteiger partial charge in [0.25, 0.3) is 0 Å². The smallest absolute Gasteiger partial charge is 0.328 e. The Balaban J connectivity index is 1.32. The van der Waals surface area contributed by atoms with Gasteiger partial charge in [-0.05, 0) is 114 Å². The molecule has 0 radical (unpaired) electrons. The summed E-state index contributed by atoms with van der Waals surface area (Å²) in [5.41, 5.74) is 5.06. The number of aliphatic hydroxyl groups excluding tert-OH is 1. The summed E-state index contributed by atoms with van der Waals surface area (Å²) in [6, 6.07) is 14.6. The van der Waals surface area contributed by atoms with Gasteiger partial charge in [0.1, 0.15) is 5.75 Å². The quantitative estimate of drug-likeness (QED) is 0.426. The Morgan fingerprint density at radius 2 is 1.83 bits per heavy atom. The van der Waals surface area contributed by atoms with E-state index in [1.165, 1.54) is 17.5 Å². The van der Waals surface area contributed by atoms with Crippen molar-refractivity contribution in [2.45, 2.75) is 63.9 Å². The lowest BCUT2D eigenvalue weighted by Gasteiger charge is -2.53. The van der Waals surface area contributed by atoms with E-state index in [9.17, 15) is 9.90 Å². The number of aliphatic carboxylic acids is 1. The van der Waals surface area contributed by atoms with Crippen molar-refractivity contribution in [1.29, 1.82) is 0 Å². The number of rotatable bonds is 7. The van der Waals surface area contributed by atoms with E-state index in [4.69, 9.17) is 9.84 Å². The van der Waals surface area contributed by atoms with E-state index in [1.807, 2.05) is 24.3 Å². The van der Waals surface area contributed by atoms with Crippen molar-refractivity contribution in [3.63, 3.8) is 0 Å². The third kappa shape index (κ3) is 4.76. The molecule has 5 rings (SSSR count). The van der Waals surface area contributed by atoms with Crippen LogP contribution in [0.3, 0.4) is 0 Å². The molecule has 3 aliphatic carbocycles. The minimum Gasteiger partial charge on any atom is -0.497 e. The number of benzene rings is 2. The van der Waals surface area contributed by atoms with Crippen molar-refractivity contribution < 1.29 is 19.7 Å². The Bertz CT molecular complexity index is 1150. The Kier molecular flexibility index (Phi) is 7.07. The van der Waals surface area contributed by atoms with Crippen LogP contribution in [0.15, 0.2) is 54.6 Å². The zero-order valence-corrected chi connectivity index (χ0v) is 21.4. The number of methoxy groups -OCH3 is 1. The van der Waals surface area contributed by atoms with Gasteiger partial charge in [-0.25, -0.2) is 4.79 Å². The van der Waals surface area contributed by atoms with Crippen LogP contribution in [0.2, 0.25) is 0 Å². The standard InChI is InChI=1S/C32H38O4/c1-32-18-17-27-26-13-12-25(36-2)20-24(26)19-23(31(27)28(32)14-15-29(32)33)6-4-3-5-21-7-9-22(10-8-21)11-16-30(34)35/h3,5,7-13,16,20,23,27-29,31,33H,4,6,14-15,17-19H2,1-2H3,(H,34,35)/t23-,27?,28?,29+,31?,32+/m1/s1. The van der Waals surface area contributed by atoms with Crippen LogP contribution in [0.1, 0.15) is 73.6 Å². The number of carboxylic acids is 1. The number of hydrogen-bond acceptors (Lipinski definition) is 3. The summed E-state index contributed by atoms with van der Waals surface area (Å²) in [5, 5.41) is 19.7. The monoisotopic (exact) mass is 486 g/mol. The number of allylic oxidation sites excluding steroid dienone is 1. The van der Waals surface area contributed by atoms with E-state index in [2.05, 4.69) is 37.3 Å². The van der Waals surface area contributed by atoms with E-state index >= 15 is 0 Å². The largest absolute Gasteiger partial charge is 0.497 e. The van der Waals surface area contributed by atoms with E-state index < -0.39 is 5.97 Å². The SMILES string of the molecule is COc1ccc2c(c1)C[C@@H](CCC=Cc1ccc(C=CC(=O)O)cc1)C1C2CC[C@@]2(C)C1CC[C@@H]2O. The van der Waals surface area contributed by atoms with E-state index in [1.54, 1.807) is 13.2 Å². The van der Waals surface area contributed by atoms with Gasteiger partial charge in [-0.3, -0.25) is 0 Å². The molecule has 0 bridgehead atoms. The summed E-state index contributed by atoms with van der Waals surface area (Å²) in [6.45, 7) is 2.35. The van der Waals surface area contributed by atoms with Crippen molar-refractivity contribution in [3.05, 3.63) is 76.9 Å². The summed E-state index contributed by atoms with van der Waals surface area (Å²) < 4.78 is 5.56. The van der Waals surface area contributed by atoms with Crippen molar-refractivity contribution in [2.24, 2.45) is 23.2 Å². The second kappa shape index (κ2) is 10.3. The van der Waals surface area contributed by atoms with Crippen LogP contribution < -0.4 is 4.74 Å². The maximum absolute atomic E-state index is 10.9. The topological polar surface area (TPSA) is 66.8 Å². The van der Waals surface area contributed by atoms with Gasteiger partial charge < -0.3 is 14.9 Å². The maximum atomic E-state index is 10.9. The lowest BCUT2D eigenvalue weighted by atomic mass is 9.52. The Hall–Kier alpha value is -2.85. The molecule has 0 aromatic heterocycles. The van der Waals surface area contributed by atoms with Crippen LogP contribution in [-0.4, -0.2) is 29.4 Å². The normalized spacial score (nSPS) is 31.2. The van der Waals surface area contributed by atoms with Gasteiger partial charge in [0.2, 0.25) is 0 Å². The summed E-state index contributed by atoms with van der Waals surface area (Å²) >= 11 is 0. The fourth-order valence-corrected chi connectivity index (χ4v) is 7.56. The molecule has 2 saturated carbocycles. The molecular weight excluding hydrogens is 448 g/mol. The number of aliphatic hydroxyl groups is 1. The highest BCUT2D eigenvalue weighted by atomic mass is 16.5. The van der Waals surface area contributed by atoms with Crippen LogP contribution in [0.25, 0.3) is 12.2 Å². The Morgan fingerprint density at radius 1 is 1.08 bits per heavy atom. The second-order valence-corrected chi connectivity index (χ2v) is 11.3. The predicted molar refractivity (Wildman–Crippen MR) is 144 cm³/mol. The van der Waals surface area contributed by atoms with Gasteiger partial charge in [0.05, 0.1) is 13.2 Å². The lowest BCUT2D eigenvalue weighted by Crippen LogP contribution is -2.47. The molecule has 3 aliphatic rings. The average Bonchev–Trinajstić information content (AvgIpc) is 3.19. The molecule has 0 amide bonds. The van der Waals surface area contributed by atoms with E-state index in [0.717, 1.165) is 61.5 Å². The molecule has 2 N–H and O–H groups in total. The fraction of sp³-hybridized carbons (Fsp3) is 0.469. The molecule has 0 heterocycles. The Labute approximate surface area is 214 Å². The molecular formula is C32H38O4. The van der Waals surface area contributed by atoms with Crippen molar-refractivity contribution >= 4 is 18.1 Å². The minimum atomic E-state index is -0.935. The zero-order chi connectivity index (χ0) is 25.3. The molecule has 36 heavy (non-hydrogen) atoms. The van der Waals surface area contributed by atoms with Gasteiger partial charge in [-0.1, -0.05) is 49.4 Å². The first kappa shape index (κ1) is 24.8. The first-order valence-corrected chi connectivity index (χ1v) is 13.4. The van der Waals surface area contributed by atoms with Gasteiger partial charge in [-0.2, -0.15) is 0 Å². The van der Waals surface area contributed by atoms with Crippen LogP contribution in [0.5, 0.6) is 5.75 Å². The van der Waals surface area contributed by atoms with Crippen molar-refractivity contribution in [2.75, 3.05) is 7.11 Å². The maximum Gasteiger partial charge on any atom is 0.328 e. The summed E-state index contributed by atoms with van der Waals surface area (Å²) in [5.74, 6) is 2.44. The average molecular weight is 487 g/mol. The van der Waals surface area contributed by atoms with Gasteiger partial charge in [0.15, 0.2) is 0 Å². The molecule has 6 atom stereocenters. The number of ether oxygens (including phenoxy) is 1. The third-order valence-electron chi connectivity index (χ3n) is 9.43. The van der Waals surface area contributed by atoms with E-state index in [-0.39, 0.29) is 11.5 Å². The first-order chi connectivity index (χ1) is 17.4. The molecule has 2 aromatic carbocycles.